The van der Waals surface area contributed by atoms with E-state index in [9.17, 15) is 28.8 Å². The van der Waals surface area contributed by atoms with Crippen molar-refractivity contribution in [2.45, 2.75) is 87.1 Å². The summed E-state index contributed by atoms with van der Waals surface area (Å²) in [5.41, 5.74) is 0. The van der Waals surface area contributed by atoms with E-state index in [4.69, 9.17) is 28.4 Å². The molecule has 1 aromatic rings. The zero-order valence-corrected chi connectivity index (χ0v) is 26.6. The maximum Gasteiger partial charge on any atom is 0.350 e. The van der Waals surface area contributed by atoms with Gasteiger partial charge in [-0.15, -0.1) is 23.5 Å². The molecule has 13 nitrogen and oxygen atoms in total. The third-order valence-corrected chi connectivity index (χ3v) is 8.74. The first kappa shape index (κ1) is 35.9. The molecule has 2 rings (SSSR count). The number of benzene rings is 1. The average molecular weight is 644 g/mol. The SMILES string of the molecule is CCS[C@@]1(C(=O)OC)O[C@H]([C@H](OC(C)=O)[C@H](COC(C)=O)OC(C)=O)[C@H](NC(C)=O)[C@@H](OC(C)=O)[C@@H]1Sc1ccccc1. The normalized spacial score (nSPS) is 24.4. The molecule has 238 valence electrons. The van der Waals surface area contributed by atoms with Crippen molar-refractivity contribution in [2.24, 2.45) is 0 Å². The summed E-state index contributed by atoms with van der Waals surface area (Å²) in [6, 6.07) is 7.66. The number of rotatable bonds is 13. The van der Waals surface area contributed by atoms with E-state index in [1.807, 2.05) is 0 Å². The molecule has 15 heteroatoms. The Bertz CT molecular complexity index is 1170. The van der Waals surface area contributed by atoms with Crippen molar-refractivity contribution in [1.29, 1.82) is 0 Å². The van der Waals surface area contributed by atoms with E-state index >= 15 is 0 Å². The van der Waals surface area contributed by atoms with Crippen LogP contribution in [0.2, 0.25) is 0 Å². The largest absolute Gasteiger partial charge is 0.466 e. The topological polar surface area (TPSA) is 170 Å². The third-order valence-electron chi connectivity index (χ3n) is 5.96. The Morgan fingerprint density at radius 2 is 1.56 bits per heavy atom. The predicted molar refractivity (Wildman–Crippen MR) is 155 cm³/mol. The monoisotopic (exact) mass is 643 g/mol. The Morgan fingerprint density at radius 3 is 2.05 bits per heavy atom. The van der Waals surface area contributed by atoms with Gasteiger partial charge in [-0.25, -0.2) is 4.79 Å². The minimum absolute atomic E-state index is 0.310. The number of hydrogen-bond acceptors (Lipinski definition) is 14. The lowest BCUT2D eigenvalue weighted by molar-refractivity contribution is -0.222. The second kappa shape index (κ2) is 16.5. The summed E-state index contributed by atoms with van der Waals surface area (Å²) in [6.07, 6.45) is -5.80. The van der Waals surface area contributed by atoms with E-state index in [-0.39, 0.29) is 0 Å². The number of carbonyl (C=O) groups excluding carboxylic acids is 6. The van der Waals surface area contributed by atoms with Gasteiger partial charge in [-0.2, -0.15) is 0 Å². The van der Waals surface area contributed by atoms with Crippen LogP contribution in [0.15, 0.2) is 35.2 Å². The van der Waals surface area contributed by atoms with Crippen LogP contribution < -0.4 is 5.32 Å². The van der Waals surface area contributed by atoms with Crippen LogP contribution in [0.5, 0.6) is 0 Å². The molecular formula is C28H37NO12S2. The minimum Gasteiger partial charge on any atom is -0.466 e. The molecule has 1 aromatic carbocycles. The first-order valence-electron chi connectivity index (χ1n) is 13.3. The van der Waals surface area contributed by atoms with Crippen LogP contribution in [0.1, 0.15) is 41.5 Å². The third kappa shape index (κ3) is 9.86. The molecule has 0 unspecified atom stereocenters. The van der Waals surface area contributed by atoms with Crippen molar-refractivity contribution in [3.63, 3.8) is 0 Å². The Kier molecular flexibility index (Phi) is 13.8. The number of carbonyl (C=O) groups is 6. The summed E-state index contributed by atoms with van der Waals surface area (Å²) in [4.78, 5) is 73.8. The highest BCUT2D eigenvalue weighted by Gasteiger charge is 2.64. The number of nitrogens with one attached hydrogen (secondary N) is 1. The van der Waals surface area contributed by atoms with Crippen LogP contribution >= 0.6 is 23.5 Å². The molecule has 1 aliphatic rings. The fourth-order valence-electron chi connectivity index (χ4n) is 4.57. The molecule has 0 aromatic heterocycles. The smallest absolute Gasteiger partial charge is 0.350 e. The first-order chi connectivity index (χ1) is 20.2. The van der Waals surface area contributed by atoms with Gasteiger partial charge in [-0.3, -0.25) is 24.0 Å². The van der Waals surface area contributed by atoms with E-state index in [0.29, 0.717) is 10.6 Å². The maximum atomic E-state index is 13.7. The molecule has 0 bridgehead atoms. The van der Waals surface area contributed by atoms with Crippen LogP contribution in [0, 0.1) is 0 Å². The van der Waals surface area contributed by atoms with E-state index in [2.05, 4.69) is 5.32 Å². The molecule has 43 heavy (non-hydrogen) atoms. The molecule has 0 aliphatic carbocycles. The number of amides is 1. The van der Waals surface area contributed by atoms with Gasteiger partial charge in [0.05, 0.1) is 18.4 Å². The van der Waals surface area contributed by atoms with Gasteiger partial charge < -0.3 is 33.7 Å². The van der Waals surface area contributed by atoms with Crippen molar-refractivity contribution in [3.8, 4) is 0 Å². The Balaban J connectivity index is 2.89. The average Bonchev–Trinajstić information content (AvgIpc) is 2.92. The lowest BCUT2D eigenvalue weighted by Gasteiger charge is -2.52. The van der Waals surface area contributed by atoms with Gasteiger partial charge in [-0.05, 0) is 17.9 Å². The zero-order chi connectivity index (χ0) is 32.3. The highest BCUT2D eigenvalue weighted by atomic mass is 32.2. The van der Waals surface area contributed by atoms with Gasteiger partial charge in [0.15, 0.2) is 12.2 Å². The molecule has 7 atom stereocenters. The summed E-state index contributed by atoms with van der Waals surface area (Å²) in [6.45, 7) is 6.90. The molecular weight excluding hydrogens is 606 g/mol. The number of thioether (sulfide) groups is 2. The van der Waals surface area contributed by atoms with Crippen molar-refractivity contribution < 1.29 is 57.2 Å². The van der Waals surface area contributed by atoms with Gasteiger partial charge in [-0.1, -0.05) is 25.1 Å². The summed E-state index contributed by atoms with van der Waals surface area (Å²) < 4.78 is 33.7. The quantitative estimate of drug-likeness (QED) is 0.245. The van der Waals surface area contributed by atoms with Crippen molar-refractivity contribution >= 4 is 59.3 Å². The lowest BCUT2D eigenvalue weighted by atomic mass is 9.88. The van der Waals surface area contributed by atoms with Crippen LogP contribution in [-0.4, -0.2) is 95.9 Å². The van der Waals surface area contributed by atoms with Gasteiger partial charge in [0.2, 0.25) is 10.8 Å². The first-order valence-corrected chi connectivity index (χ1v) is 15.2. The number of ether oxygens (including phenoxy) is 6. The highest BCUT2D eigenvalue weighted by Crippen LogP contribution is 2.49. The van der Waals surface area contributed by atoms with E-state index in [1.165, 1.54) is 6.92 Å². The molecule has 1 saturated heterocycles. The standard InChI is InChI=1S/C28H37NO12S2/c1-8-42-28(27(35)36-7)26(43-20-12-10-9-11-13-20)25(40-19(6)34)22(29-15(2)30)24(41-28)23(39-18(5)33)21(38-17(4)32)14-37-16(3)31/h9-13,21-26H,8,14H2,1-7H3,(H,29,30)/t21-,22-,23+,24-,25+,26-,28-/m0/s1. The molecule has 1 fully saturated rings. The molecule has 1 amide bonds. The predicted octanol–water partition coefficient (Wildman–Crippen LogP) is 2.03. The minimum atomic E-state index is -1.91. The van der Waals surface area contributed by atoms with Crippen LogP contribution in [-0.2, 0) is 57.2 Å². The van der Waals surface area contributed by atoms with Crippen LogP contribution in [0.4, 0.5) is 0 Å². The summed E-state index contributed by atoms with van der Waals surface area (Å²) in [7, 11) is 1.16. The van der Waals surface area contributed by atoms with Crippen molar-refractivity contribution in [2.75, 3.05) is 19.5 Å². The second-order valence-corrected chi connectivity index (χ2v) is 12.0. The maximum absolute atomic E-state index is 13.7. The molecule has 0 radical (unpaired) electrons. The number of hydrogen-bond donors (Lipinski definition) is 1. The van der Waals surface area contributed by atoms with E-state index < -0.39 is 83.0 Å². The van der Waals surface area contributed by atoms with Crippen LogP contribution in [0.3, 0.4) is 0 Å². The molecule has 0 spiro atoms. The summed E-state index contributed by atoms with van der Waals surface area (Å²) in [5.74, 6) is -4.21. The van der Waals surface area contributed by atoms with Gasteiger partial charge in [0.25, 0.3) is 0 Å². The van der Waals surface area contributed by atoms with Crippen molar-refractivity contribution in [1.82, 2.24) is 5.32 Å². The molecule has 1 aliphatic heterocycles. The Hall–Kier alpha value is -3.30. The van der Waals surface area contributed by atoms with E-state index in [0.717, 1.165) is 58.3 Å². The molecule has 1 N–H and O–H groups in total. The van der Waals surface area contributed by atoms with Crippen LogP contribution in [0.25, 0.3) is 0 Å². The highest BCUT2D eigenvalue weighted by molar-refractivity contribution is 8.04. The second-order valence-electron chi connectivity index (χ2n) is 9.35. The Labute approximate surface area is 258 Å². The lowest BCUT2D eigenvalue weighted by Crippen LogP contribution is -2.73. The zero-order valence-electron chi connectivity index (χ0n) is 25.0. The number of esters is 5. The molecule has 0 saturated carbocycles. The molecule has 1 heterocycles. The fourth-order valence-corrected chi connectivity index (χ4v) is 7.30. The van der Waals surface area contributed by atoms with E-state index in [1.54, 1.807) is 37.3 Å². The summed E-state index contributed by atoms with van der Waals surface area (Å²) in [5, 5.41) is 1.69. The fraction of sp³-hybridized carbons (Fsp3) is 0.571. The van der Waals surface area contributed by atoms with Gasteiger partial charge in [0, 0.05) is 39.5 Å². The Morgan fingerprint density at radius 1 is 0.930 bits per heavy atom. The van der Waals surface area contributed by atoms with Gasteiger partial charge >= 0.3 is 29.8 Å². The van der Waals surface area contributed by atoms with Crippen molar-refractivity contribution in [3.05, 3.63) is 30.3 Å². The summed E-state index contributed by atoms with van der Waals surface area (Å²) >= 11 is 2.20. The number of methoxy groups -OCH3 is 1. The van der Waals surface area contributed by atoms with Gasteiger partial charge in [0.1, 0.15) is 18.8 Å².